The van der Waals surface area contributed by atoms with Gasteiger partial charge in [0, 0.05) is 75.2 Å². The maximum Gasteiger partial charge on any atom is 0.164 e. The Hall–Kier alpha value is -8.45. The lowest BCUT2D eigenvalue weighted by molar-refractivity contribution is 0.669. The molecule has 4 aromatic heterocycles. The van der Waals surface area contributed by atoms with E-state index in [1.807, 2.05) is 65.9 Å². The minimum absolute atomic E-state index is 0.580. The predicted molar refractivity (Wildman–Crippen MR) is 271 cm³/mol. The third-order valence-electron chi connectivity index (χ3n) is 13.0. The summed E-state index contributed by atoms with van der Waals surface area (Å²) in [6.07, 6.45) is 0. The topological polar surface area (TPSA) is 56.7 Å². The molecule has 0 atom stereocenters. The van der Waals surface area contributed by atoms with E-state index in [0.29, 0.717) is 17.5 Å². The van der Waals surface area contributed by atoms with Crippen molar-refractivity contribution < 1.29 is 4.42 Å². The Morgan fingerprint density at radius 2 is 0.985 bits per heavy atom. The van der Waals surface area contributed by atoms with E-state index in [2.05, 4.69) is 156 Å². The molecule has 6 heteroatoms. The number of rotatable bonds is 5. The van der Waals surface area contributed by atoms with Crippen LogP contribution in [0.3, 0.4) is 0 Å². The standard InChI is InChI=1S/C59H34N4OS/c1-2-15-37(16-3-1)57-60-58(62-59(61-57)39-27-30-44-43-21-8-9-26-50(43)64-51(44)34-39)38-17-10-18-40(33-38)63-49-31-28-35-13-4-6-19-41(35)53(49)47-24-11-22-45(55(47)63)46-23-12-25-48-54-42-20-7-5-14-36(42)29-32-52(54)65-56(46)48/h1-34H. The van der Waals surface area contributed by atoms with Crippen molar-refractivity contribution in [3.05, 3.63) is 206 Å². The van der Waals surface area contributed by atoms with Crippen LogP contribution in [-0.2, 0) is 0 Å². The van der Waals surface area contributed by atoms with Crippen molar-refractivity contribution in [1.82, 2.24) is 19.5 Å². The van der Waals surface area contributed by atoms with Gasteiger partial charge < -0.3 is 8.98 Å². The maximum atomic E-state index is 6.32. The van der Waals surface area contributed by atoms with Gasteiger partial charge in [0.25, 0.3) is 0 Å². The Bertz CT molecular complexity index is 4260. The van der Waals surface area contributed by atoms with Gasteiger partial charge in [-0.2, -0.15) is 0 Å². The average molecular weight is 847 g/mol. The lowest BCUT2D eigenvalue weighted by Crippen LogP contribution is -2.01. The van der Waals surface area contributed by atoms with E-state index in [4.69, 9.17) is 19.4 Å². The van der Waals surface area contributed by atoms with Crippen LogP contribution in [0, 0.1) is 0 Å². The molecule has 14 rings (SSSR count). The second-order valence-electron chi connectivity index (χ2n) is 16.7. The van der Waals surface area contributed by atoms with Gasteiger partial charge >= 0.3 is 0 Å². The molecule has 0 saturated carbocycles. The van der Waals surface area contributed by atoms with Gasteiger partial charge in [-0.05, 0) is 64.0 Å². The zero-order valence-corrected chi connectivity index (χ0v) is 35.6. The van der Waals surface area contributed by atoms with Crippen LogP contribution in [0.15, 0.2) is 211 Å². The minimum atomic E-state index is 0.580. The van der Waals surface area contributed by atoms with Gasteiger partial charge in [0.1, 0.15) is 11.2 Å². The van der Waals surface area contributed by atoms with E-state index in [1.165, 1.54) is 63.6 Å². The van der Waals surface area contributed by atoms with Crippen LogP contribution < -0.4 is 0 Å². The lowest BCUT2D eigenvalue weighted by atomic mass is 9.97. The molecular formula is C59H34N4OS. The predicted octanol–water partition coefficient (Wildman–Crippen LogP) is 16.2. The monoisotopic (exact) mass is 846 g/mol. The van der Waals surface area contributed by atoms with Crippen molar-refractivity contribution in [1.29, 1.82) is 0 Å². The molecule has 0 amide bonds. The van der Waals surface area contributed by atoms with Crippen molar-refractivity contribution in [2.75, 3.05) is 0 Å². The van der Waals surface area contributed by atoms with E-state index in [-0.39, 0.29) is 0 Å². The number of nitrogens with zero attached hydrogens (tertiary/aromatic N) is 4. The molecular weight excluding hydrogens is 813 g/mol. The van der Waals surface area contributed by atoms with E-state index in [9.17, 15) is 0 Å². The van der Waals surface area contributed by atoms with Crippen LogP contribution >= 0.6 is 11.3 Å². The molecule has 0 saturated heterocycles. The van der Waals surface area contributed by atoms with Gasteiger partial charge in [-0.1, -0.05) is 164 Å². The van der Waals surface area contributed by atoms with Gasteiger partial charge in [0.2, 0.25) is 0 Å². The Balaban J connectivity index is 1.01. The molecule has 0 fully saturated rings. The fourth-order valence-corrected chi connectivity index (χ4v) is 11.3. The Kier molecular flexibility index (Phi) is 7.79. The fourth-order valence-electron chi connectivity index (χ4n) is 10.1. The van der Waals surface area contributed by atoms with E-state index >= 15 is 0 Å². The normalized spacial score (nSPS) is 12.0. The maximum absolute atomic E-state index is 6.32. The molecule has 0 N–H and O–H groups in total. The number of hydrogen-bond acceptors (Lipinski definition) is 5. The average Bonchev–Trinajstić information content (AvgIpc) is 4.06. The summed E-state index contributed by atoms with van der Waals surface area (Å²) in [6.45, 7) is 0. The van der Waals surface area contributed by atoms with Crippen molar-refractivity contribution in [2.45, 2.75) is 0 Å². The van der Waals surface area contributed by atoms with Crippen molar-refractivity contribution >= 4 is 96.8 Å². The summed E-state index contributed by atoms with van der Waals surface area (Å²) in [5.74, 6) is 1.78. The summed E-state index contributed by atoms with van der Waals surface area (Å²) in [5.41, 5.74) is 10.0. The molecule has 0 aliphatic carbocycles. The molecule has 0 aliphatic rings. The Morgan fingerprint density at radius 3 is 1.80 bits per heavy atom. The first kappa shape index (κ1) is 36.1. The zero-order chi connectivity index (χ0) is 42.6. The first-order valence-corrected chi connectivity index (χ1v) is 22.7. The molecule has 0 unspecified atom stereocenters. The summed E-state index contributed by atoms with van der Waals surface area (Å²) in [5, 5.41) is 12.2. The van der Waals surface area contributed by atoms with Gasteiger partial charge in [-0.15, -0.1) is 11.3 Å². The molecule has 302 valence electrons. The summed E-state index contributed by atoms with van der Waals surface area (Å²) in [6, 6.07) is 73.3. The zero-order valence-electron chi connectivity index (χ0n) is 34.7. The largest absolute Gasteiger partial charge is 0.456 e. The molecule has 0 spiro atoms. The first-order chi connectivity index (χ1) is 32.2. The molecule has 0 bridgehead atoms. The highest BCUT2D eigenvalue weighted by Gasteiger charge is 2.22. The highest BCUT2D eigenvalue weighted by Crippen LogP contribution is 2.47. The number of furan rings is 1. The van der Waals surface area contributed by atoms with Crippen LogP contribution in [-0.4, -0.2) is 19.5 Å². The summed E-state index contributed by atoms with van der Waals surface area (Å²) >= 11 is 1.88. The van der Waals surface area contributed by atoms with Gasteiger partial charge in [-0.25, -0.2) is 15.0 Å². The number of hydrogen-bond donors (Lipinski definition) is 0. The van der Waals surface area contributed by atoms with Crippen LogP contribution in [0.4, 0.5) is 0 Å². The Morgan fingerprint density at radius 1 is 0.385 bits per heavy atom. The number of para-hydroxylation sites is 2. The molecule has 4 heterocycles. The highest BCUT2D eigenvalue weighted by molar-refractivity contribution is 7.26. The lowest BCUT2D eigenvalue weighted by Gasteiger charge is -2.14. The smallest absolute Gasteiger partial charge is 0.164 e. The number of aromatic nitrogens is 4. The van der Waals surface area contributed by atoms with Crippen molar-refractivity contribution in [3.8, 4) is 51.0 Å². The van der Waals surface area contributed by atoms with E-state index in [0.717, 1.165) is 55.3 Å². The fraction of sp³-hybridized carbons (Fsp3) is 0. The highest BCUT2D eigenvalue weighted by atomic mass is 32.1. The van der Waals surface area contributed by atoms with Gasteiger partial charge in [0.05, 0.1) is 11.0 Å². The quantitative estimate of drug-likeness (QED) is 0.173. The Labute approximate surface area is 376 Å². The summed E-state index contributed by atoms with van der Waals surface area (Å²) in [7, 11) is 0. The van der Waals surface area contributed by atoms with E-state index < -0.39 is 0 Å². The van der Waals surface area contributed by atoms with Crippen LogP contribution in [0.1, 0.15) is 0 Å². The molecule has 14 aromatic rings. The van der Waals surface area contributed by atoms with Crippen LogP contribution in [0.25, 0.3) is 136 Å². The van der Waals surface area contributed by atoms with Gasteiger partial charge in [0.15, 0.2) is 17.5 Å². The molecule has 65 heavy (non-hydrogen) atoms. The van der Waals surface area contributed by atoms with Gasteiger partial charge in [-0.3, -0.25) is 0 Å². The van der Waals surface area contributed by atoms with Crippen molar-refractivity contribution in [3.63, 3.8) is 0 Å². The second kappa shape index (κ2) is 14.0. The molecule has 10 aromatic carbocycles. The third-order valence-corrected chi connectivity index (χ3v) is 14.2. The number of thiophene rings is 1. The SMILES string of the molecule is c1ccc(-c2nc(-c3cccc(-n4c5ccc6ccccc6c5c5cccc(-c6cccc7c6sc6ccc8ccccc8c67)c54)c3)nc(-c3ccc4c(c3)oc3ccccc34)n2)cc1. The van der Waals surface area contributed by atoms with Crippen molar-refractivity contribution in [2.24, 2.45) is 0 Å². The molecule has 0 aliphatic heterocycles. The molecule has 5 nitrogen and oxygen atoms in total. The summed E-state index contributed by atoms with van der Waals surface area (Å²) in [4.78, 5) is 15.5. The van der Waals surface area contributed by atoms with Crippen LogP contribution in [0.5, 0.6) is 0 Å². The molecule has 0 radical (unpaired) electrons. The van der Waals surface area contributed by atoms with E-state index in [1.54, 1.807) is 0 Å². The summed E-state index contributed by atoms with van der Waals surface area (Å²) < 4.78 is 11.4. The number of benzene rings is 10. The first-order valence-electron chi connectivity index (χ1n) is 21.8. The minimum Gasteiger partial charge on any atom is -0.456 e. The third kappa shape index (κ3) is 5.54. The van der Waals surface area contributed by atoms with Crippen LogP contribution in [0.2, 0.25) is 0 Å². The second-order valence-corrected chi connectivity index (χ2v) is 17.7. The number of fused-ring (bicyclic) bond motifs is 13.